The first-order valence-corrected chi connectivity index (χ1v) is 14.7. The smallest absolute Gasteiger partial charge is 0.418 e. The molecule has 0 aliphatic heterocycles. The van der Waals surface area contributed by atoms with Crippen LogP contribution in [0.25, 0.3) is 0 Å². The third kappa shape index (κ3) is 5.20. The van der Waals surface area contributed by atoms with Gasteiger partial charge >= 0.3 is 12.2 Å². The van der Waals surface area contributed by atoms with Crippen LogP contribution in [-0.4, -0.2) is 88.7 Å². The Morgan fingerprint density at radius 2 is 1.65 bits per heavy atom. The Bertz CT molecular complexity index is 1850. The van der Waals surface area contributed by atoms with E-state index in [1.54, 1.807) is 19.0 Å². The van der Waals surface area contributed by atoms with Crippen LogP contribution in [0.1, 0.15) is 33.5 Å². The summed E-state index contributed by atoms with van der Waals surface area (Å²) in [4.78, 5) is 55.8. The third-order valence-corrected chi connectivity index (χ3v) is 9.16. The highest BCUT2D eigenvalue weighted by Crippen LogP contribution is 2.54. The fourth-order valence-electron chi connectivity index (χ4n) is 7.07. The summed E-state index contributed by atoms with van der Waals surface area (Å²) in [6.45, 7) is 1.45. The van der Waals surface area contributed by atoms with Crippen LogP contribution in [-0.2, 0) is 22.2 Å². The number of amides is 3. The number of nitrogens with zero attached hydrogens (tertiary/aromatic N) is 2. The molecule has 4 unspecified atom stereocenters. The number of hydrogen-bond donors (Lipinski definition) is 7. The molecule has 2 aromatic rings. The molecule has 256 valence electrons. The van der Waals surface area contributed by atoms with Crippen molar-refractivity contribution in [2.75, 3.05) is 43.7 Å². The van der Waals surface area contributed by atoms with E-state index < -0.39 is 92.8 Å². The number of carbonyl (C=O) groups is 4. The maximum Gasteiger partial charge on any atom is 0.418 e. The van der Waals surface area contributed by atoms with Crippen LogP contribution in [0.15, 0.2) is 46.9 Å². The molecule has 0 saturated heterocycles. The van der Waals surface area contributed by atoms with E-state index in [1.807, 2.05) is 0 Å². The molecule has 48 heavy (non-hydrogen) atoms. The molecule has 0 fully saturated rings. The maximum absolute atomic E-state index is 14.2. The number of urea groups is 1. The molecule has 16 heteroatoms. The fourth-order valence-corrected chi connectivity index (χ4v) is 7.07. The van der Waals surface area contributed by atoms with E-state index in [0.29, 0.717) is 16.8 Å². The molecular weight excluding hydrogens is 639 g/mol. The molecule has 3 aliphatic carbocycles. The van der Waals surface area contributed by atoms with Crippen LogP contribution in [0.4, 0.5) is 35.0 Å². The summed E-state index contributed by atoms with van der Waals surface area (Å²) >= 11 is 0. The Morgan fingerprint density at radius 1 is 1.02 bits per heavy atom. The third-order valence-electron chi connectivity index (χ3n) is 9.16. The van der Waals surface area contributed by atoms with Crippen LogP contribution in [0.5, 0.6) is 5.75 Å². The van der Waals surface area contributed by atoms with Crippen molar-refractivity contribution >= 4 is 40.6 Å². The number of phenols is 1. The van der Waals surface area contributed by atoms with Crippen molar-refractivity contribution in [2.24, 2.45) is 17.6 Å². The minimum absolute atomic E-state index is 0.0135. The van der Waals surface area contributed by atoms with Crippen molar-refractivity contribution in [3.8, 4) is 5.75 Å². The maximum atomic E-state index is 14.2. The predicted octanol–water partition coefficient (Wildman–Crippen LogP) is 3.16. The Balaban J connectivity index is 1.60. The second kappa shape index (κ2) is 11.6. The summed E-state index contributed by atoms with van der Waals surface area (Å²) in [5.74, 6) is -8.33. The number of primary amides is 1. The number of phenolic OH excluding ortho intramolecular Hbond substituents is 1. The van der Waals surface area contributed by atoms with Crippen molar-refractivity contribution < 1.29 is 52.8 Å². The van der Waals surface area contributed by atoms with Crippen molar-refractivity contribution in [2.45, 2.75) is 37.6 Å². The van der Waals surface area contributed by atoms with Crippen LogP contribution < -0.4 is 21.3 Å². The standard InChI is InChI=1S/C32H34F3N5O8/c1-12-6-7-17(15(8-12)32(33,34)35)37-30(47)38-18-11-19(39(2)3)14-9-13-10-16-23(40(4)5)26(43)22(29(36)46)28(45)31(16,48)27(44)20(13)25(42)21(14)24(18)41/h6-8,11,13,16,23,41,43-44,48H,9-10H2,1-5H3,(H2,36,46)(H2,37,38,47). The van der Waals surface area contributed by atoms with Crippen LogP contribution in [0, 0.1) is 18.8 Å². The number of allylic oxidation sites excluding steroid dienone is 1. The molecule has 0 heterocycles. The molecule has 0 aromatic heterocycles. The lowest BCUT2D eigenvalue weighted by Crippen LogP contribution is -2.63. The van der Waals surface area contributed by atoms with Crippen LogP contribution in [0.3, 0.4) is 0 Å². The molecule has 3 amide bonds. The van der Waals surface area contributed by atoms with Gasteiger partial charge in [0, 0.05) is 31.3 Å². The number of aromatic hydroxyl groups is 1. The Kier molecular flexibility index (Phi) is 8.25. The zero-order valence-corrected chi connectivity index (χ0v) is 26.5. The number of nitrogens with one attached hydrogen (secondary N) is 2. The number of aliphatic hydroxyl groups excluding tert-OH is 2. The average molecular weight is 674 g/mol. The topological polar surface area (TPSA) is 206 Å². The molecule has 0 saturated carbocycles. The number of benzene rings is 2. The first kappa shape index (κ1) is 34.3. The van der Waals surface area contributed by atoms with Gasteiger partial charge in [0.05, 0.1) is 28.5 Å². The van der Waals surface area contributed by atoms with Gasteiger partial charge < -0.3 is 41.7 Å². The Labute approximate surface area is 272 Å². The van der Waals surface area contributed by atoms with Crippen molar-refractivity contribution in [1.29, 1.82) is 0 Å². The van der Waals surface area contributed by atoms with E-state index in [2.05, 4.69) is 10.6 Å². The Morgan fingerprint density at radius 3 is 2.21 bits per heavy atom. The highest BCUT2D eigenvalue weighted by molar-refractivity contribution is 6.25. The zero-order chi connectivity index (χ0) is 35.8. The minimum Gasteiger partial charge on any atom is -0.510 e. The summed E-state index contributed by atoms with van der Waals surface area (Å²) in [5, 5.41) is 50.0. The number of nitrogens with two attached hydrogens (primary N) is 1. The van der Waals surface area contributed by atoms with Gasteiger partial charge in [-0.15, -0.1) is 0 Å². The van der Waals surface area contributed by atoms with Crippen LogP contribution in [0.2, 0.25) is 0 Å². The number of carbonyl (C=O) groups excluding carboxylic acids is 4. The Hall–Kier alpha value is -5.09. The first-order valence-electron chi connectivity index (χ1n) is 14.7. The number of ketones is 2. The first-order chi connectivity index (χ1) is 22.2. The molecule has 8 N–H and O–H groups in total. The number of halogens is 3. The molecule has 2 aromatic carbocycles. The van der Waals surface area contributed by atoms with Crippen molar-refractivity contribution in [1.82, 2.24) is 4.90 Å². The molecule has 3 aliphatic rings. The SMILES string of the molecule is Cc1ccc(NC(=O)Nc2cc(N(C)C)c3c(c2O)C(=O)C2=C(O)C4(O)C(=O)C(C(N)=O)=C(O)C(N(C)C)C4CC2C3)c(C(F)(F)F)c1. The molecule has 13 nitrogen and oxygen atoms in total. The summed E-state index contributed by atoms with van der Waals surface area (Å²) in [6.07, 6.45) is -4.93. The monoisotopic (exact) mass is 673 g/mol. The number of Topliss-reactive ketones (excluding diaryl/α,β-unsaturated/α-hetero) is 2. The molecular formula is C32H34F3N5O8. The lowest BCUT2D eigenvalue weighted by atomic mass is 9.58. The number of alkyl halides is 3. The average Bonchev–Trinajstić information content (AvgIpc) is 2.96. The fraction of sp³-hybridized carbons (Fsp3) is 0.375. The number of hydrogen-bond acceptors (Lipinski definition) is 10. The number of fused-ring (bicyclic) bond motifs is 3. The summed E-state index contributed by atoms with van der Waals surface area (Å²) < 4.78 is 40.9. The van der Waals surface area contributed by atoms with Crippen LogP contribution >= 0.6 is 0 Å². The molecule has 0 spiro atoms. The largest absolute Gasteiger partial charge is 0.510 e. The van der Waals surface area contributed by atoms with E-state index in [4.69, 9.17) is 5.73 Å². The van der Waals surface area contributed by atoms with E-state index in [0.717, 1.165) is 12.1 Å². The second-order valence-electron chi connectivity index (χ2n) is 12.6. The molecule has 5 rings (SSSR count). The predicted molar refractivity (Wildman–Crippen MR) is 167 cm³/mol. The van der Waals surface area contributed by atoms with Gasteiger partial charge in [0.25, 0.3) is 5.91 Å². The quantitative estimate of drug-likeness (QED) is 0.182. The minimum atomic E-state index is -4.79. The summed E-state index contributed by atoms with van der Waals surface area (Å²) in [6, 6.07) is 2.29. The number of likely N-dealkylation sites (N-methyl/N-ethyl adjacent to an activating group) is 1. The molecule has 0 bridgehead atoms. The van der Waals surface area contributed by atoms with Crippen molar-refractivity contribution in [3.05, 3.63) is 69.2 Å². The second-order valence-corrected chi connectivity index (χ2v) is 12.6. The number of aliphatic hydroxyl groups is 3. The number of rotatable bonds is 5. The highest BCUT2D eigenvalue weighted by Gasteiger charge is 2.63. The normalized spacial score (nSPS) is 23.8. The summed E-state index contributed by atoms with van der Waals surface area (Å²) in [5.41, 5.74) is -0.317. The summed E-state index contributed by atoms with van der Waals surface area (Å²) in [7, 11) is 6.26. The lowest BCUT2D eigenvalue weighted by molar-refractivity contribution is -0.148. The van der Waals surface area contributed by atoms with E-state index in [1.165, 1.54) is 38.1 Å². The van der Waals surface area contributed by atoms with Crippen molar-refractivity contribution in [3.63, 3.8) is 0 Å². The van der Waals surface area contributed by atoms with Gasteiger partial charge in [-0.25, -0.2) is 4.79 Å². The molecule has 0 radical (unpaired) electrons. The number of anilines is 3. The van der Waals surface area contributed by atoms with Gasteiger partial charge in [0.15, 0.2) is 17.1 Å². The van der Waals surface area contributed by atoms with Gasteiger partial charge in [0.1, 0.15) is 17.1 Å². The van der Waals surface area contributed by atoms with E-state index in [9.17, 15) is 52.8 Å². The zero-order valence-electron chi connectivity index (χ0n) is 26.5. The molecule has 4 atom stereocenters. The van der Waals surface area contributed by atoms with Gasteiger partial charge in [-0.1, -0.05) is 11.6 Å². The van der Waals surface area contributed by atoms with E-state index >= 15 is 0 Å². The van der Waals surface area contributed by atoms with Gasteiger partial charge in [-0.2, -0.15) is 13.2 Å². The number of aryl methyl sites for hydroxylation is 1. The van der Waals surface area contributed by atoms with Gasteiger partial charge in [-0.05, 0) is 63.5 Å². The van der Waals surface area contributed by atoms with Gasteiger partial charge in [-0.3, -0.25) is 19.3 Å². The lowest BCUT2D eigenvalue weighted by Gasteiger charge is -2.50. The van der Waals surface area contributed by atoms with Gasteiger partial charge in [0.2, 0.25) is 5.78 Å². The van der Waals surface area contributed by atoms with E-state index in [-0.39, 0.29) is 24.1 Å². The highest BCUT2D eigenvalue weighted by atomic mass is 19.4.